The summed E-state index contributed by atoms with van der Waals surface area (Å²) in [6, 6.07) is 16.4. The van der Waals surface area contributed by atoms with Crippen LogP contribution in [0.25, 0.3) is 0 Å². The Morgan fingerprint density at radius 3 is 1.54 bits per heavy atom. The second-order valence-electron chi connectivity index (χ2n) is 15.2. The van der Waals surface area contributed by atoms with Crippen LogP contribution in [0.3, 0.4) is 0 Å². The minimum Gasteiger partial charge on any atom is -0.328 e. The van der Waals surface area contributed by atoms with Gasteiger partial charge in [0.05, 0.1) is 0 Å². The summed E-state index contributed by atoms with van der Waals surface area (Å²) >= 11 is 0. The van der Waals surface area contributed by atoms with Crippen molar-refractivity contribution in [2.75, 3.05) is 26.2 Å². The number of carbonyl (C=O) groups excluding carboxylic acids is 2. The summed E-state index contributed by atoms with van der Waals surface area (Å²) in [6.07, 6.45) is 16.1. The van der Waals surface area contributed by atoms with Crippen LogP contribution in [0.1, 0.15) is 113 Å². The third-order valence-corrected chi connectivity index (χ3v) is 11.9. The zero-order valence-electron chi connectivity index (χ0n) is 28.8. The molecule has 2 N–H and O–H groups in total. The topological polar surface area (TPSA) is 92.4 Å². The lowest BCUT2D eigenvalue weighted by atomic mass is 9.86. The number of Topliss-reactive ketones (excluding diaryl/α,β-unsaturated/α-hetero) is 2. The molecule has 0 bridgehead atoms. The van der Waals surface area contributed by atoms with Crippen molar-refractivity contribution in [2.24, 2.45) is 11.7 Å². The van der Waals surface area contributed by atoms with Gasteiger partial charge in [-0.05, 0) is 122 Å². The molecule has 0 amide bonds. The van der Waals surface area contributed by atoms with E-state index in [1.165, 1.54) is 67.1 Å². The van der Waals surface area contributed by atoms with E-state index in [4.69, 9.17) is 5.73 Å². The molecule has 48 heavy (non-hydrogen) atoms. The second kappa shape index (κ2) is 15.1. The lowest BCUT2D eigenvalue weighted by Gasteiger charge is -2.35. The highest BCUT2D eigenvalue weighted by atomic mass is 16.1. The Hall–Kier alpha value is -3.26. The largest absolute Gasteiger partial charge is 0.328 e. The first kappa shape index (κ1) is 33.2. The van der Waals surface area contributed by atoms with Crippen molar-refractivity contribution in [1.82, 2.24) is 19.8 Å². The molecule has 2 aliphatic carbocycles. The van der Waals surface area contributed by atoms with Crippen LogP contribution < -0.4 is 5.73 Å². The quantitative estimate of drug-likeness (QED) is 0.301. The van der Waals surface area contributed by atoms with E-state index in [9.17, 15) is 9.59 Å². The van der Waals surface area contributed by atoms with Gasteiger partial charge in [-0.3, -0.25) is 19.4 Å². The first-order chi connectivity index (χ1) is 23.4. The number of carbonyl (C=O) groups is 2. The molecule has 7 nitrogen and oxygen atoms in total. The third-order valence-electron chi connectivity index (χ3n) is 11.9. The van der Waals surface area contributed by atoms with Crippen molar-refractivity contribution < 1.29 is 9.59 Å². The van der Waals surface area contributed by atoms with Crippen molar-refractivity contribution in [3.63, 3.8) is 0 Å². The molecule has 0 unspecified atom stereocenters. The van der Waals surface area contributed by atoms with E-state index in [2.05, 4.69) is 63.1 Å². The molecular formula is C41H53N5O2. The normalized spacial score (nSPS) is 25.4. The standard InChI is InChI=1S/C41H53N5O2/c1-28-2-10-36(11-3-28)45-18-14-31-6-4-29(22-33(31)16-20-45)24-40(47)38-26-39(44-27-43-38)41(48)25-30-5-7-32-15-19-46(21-17-34(32)23-30)37-12-8-35(42)9-13-37/h4-7,22-23,26-28,35-37H,2-3,8-21,24-25,42H2,1H3. The lowest BCUT2D eigenvalue weighted by Crippen LogP contribution is -2.42. The van der Waals surface area contributed by atoms with Gasteiger partial charge in [0.25, 0.3) is 0 Å². The van der Waals surface area contributed by atoms with Crippen molar-refractivity contribution >= 4 is 11.6 Å². The highest BCUT2D eigenvalue weighted by Crippen LogP contribution is 2.30. The van der Waals surface area contributed by atoms with Crippen LogP contribution in [-0.2, 0) is 38.5 Å². The van der Waals surface area contributed by atoms with Gasteiger partial charge in [-0.2, -0.15) is 0 Å². The average molecular weight is 648 g/mol. The van der Waals surface area contributed by atoms with E-state index >= 15 is 0 Å². The van der Waals surface area contributed by atoms with Crippen LogP contribution in [0.4, 0.5) is 0 Å². The van der Waals surface area contributed by atoms with Gasteiger partial charge in [0, 0.05) is 57.1 Å². The molecule has 2 fully saturated rings. The Labute approximate surface area is 286 Å². The number of rotatable bonds is 8. The molecule has 3 aromatic rings. The van der Waals surface area contributed by atoms with Crippen LogP contribution >= 0.6 is 0 Å². The van der Waals surface area contributed by atoms with E-state index in [1.807, 2.05) is 0 Å². The van der Waals surface area contributed by atoms with Gasteiger partial charge < -0.3 is 5.73 Å². The molecule has 3 heterocycles. The number of benzene rings is 2. The Kier molecular flexibility index (Phi) is 10.5. The molecule has 254 valence electrons. The van der Waals surface area contributed by atoms with Crippen molar-refractivity contribution in [3.8, 4) is 0 Å². The van der Waals surface area contributed by atoms with Crippen molar-refractivity contribution in [1.29, 1.82) is 0 Å². The molecule has 0 radical (unpaired) electrons. The van der Waals surface area contributed by atoms with Crippen LogP contribution in [0.15, 0.2) is 48.8 Å². The van der Waals surface area contributed by atoms with Gasteiger partial charge in [0.1, 0.15) is 17.7 Å². The first-order valence-electron chi connectivity index (χ1n) is 18.7. The lowest BCUT2D eigenvalue weighted by molar-refractivity contribution is 0.0987. The first-order valence-corrected chi connectivity index (χ1v) is 18.7. The molecular weight excluding hydrogens is 594 g/mol. The van der Waals surface area contributed by atoms with Gasteiger partial charge in [0.2, 0.25) is 0 Å². The number of nitrogens with zero attached hydrogens (tertiary/aromatic N) is 4. The van der Waals surface area contributed by atoms with Gasteiger partial charge in [-0.15, -0.1) is 0 Å². The molecule has 7 heteroatoms. The number of fused-ring (bicyclic) bond motifs is 2. The van der Waals surface area contributed by atoms with Crippen LogP contribution in [0.2, 0.25) is 0 Å². The summed E-state index contributed by atoms with van der Waals surface area (Å²) in [4.78, 5) is 40.7. The van der Waals surface area contributed by atoms with Crippen LogP contribution in [0, 0.1) is 5.92 Å². The number of aromatic nitrogens is 2. The second-order valence-corrected chi connectivity index (χ2v) is 15.2. The maximum atomic E-state index is 13.4. The van der Waals surface area contributed by atoms with E-state index in [0.29, 0.717) is 23.5 Å². The molecule has 0 saturated heterocycles. The Morgan fingerprint density at radius 2 is 1.06 bits per heavy atom. The Balaban J connectivity index is 0.949. The van der Waals surface area contributed by atoms with E-state index < -0.39 is 0 Å². The maximum absolute atomic E-state index is 13.4. The number of hydrogen-bond acceptors (Lipinski definition) is 7. The smallest absolute Gasteiger partial charge is 0.185 e. The fraction of sp³-hybridized carbons (Fsp3) is 0.561. The van der Waals surface area contributed by atoms with Gasteiger partial charge >= 0.3 is 0 Å². The molecule has 0 spiro atoms. The van der Waals surface area contributed by atoms with Crippen LogP contribution in [-0.4, -0.2) is 75.6 Å². The minimum absolute atomic E-state index is 0.0764. The molecule has 4 aliphatic rings. The Bertz CT molecular complexity index is 1490. The summed E-state index contributed by atoms with van der Waals surface area (Å²) in [7, 11) is 0. The predicted octanol–water partition coefficient (Wildman–Crippen LogP) is 5.98. The van der Waals surface area contributed by atoms with Crippen LogP contribution in [0.5, 0.6) is 0 Å². The van der Waals surface area contributed by atoms with Gasteiger partial charge in [-0.25, -0.2) is 9.97 Å². The fourth-order valence-electron chi connectivity index (χ4n) is 8.83. The summed E-state index contributed by atoms with van der Waals surface area (Å²) in [5.41, 5.74) is 14.3. The molecule has 1 aromatic heterocycles. The number of nitrogens with two attached hydrogens (primary N) is 1. The molecule has 2 saturated carbocycles. The predicted molar refractivity (Wildman–Crippen MR) is 191 cm³/mol. The highest BCUT2D eigenvalue weighted by Gasteiger charge is 2.27. The van der Waals surface area contributed by atoms with E-state index in [-0.39, 0.29) is 24.4 Å². The minimum atomic E-state index is -0.0813. The number of hydrogen-bond donors (Lipinski definition) is 1. The van der Waals surface area contributed by atoms with E-state index in [0.717, 1.165) is 87.8 Å². The summed E-state index contributed by atoms with van der Waals surface area (Å²) < 4.78 is 0. The van der Waals surface area contributed by atoms with Crippen molar-refractivity contribution in [3.05, 3.63) is 93.6 Å². The molecule has 0 atom stereocenters. The summed E-state index contributed by atoms with van der Waals surface area (Å²) in [6.45, 7) is 6.76. The molecule has 7 rings (SSSR count). The average Bonchev–Trinajstić information content (AvgIpc) is 3.45. The monoisotopic (exact) mass is 647 g/mol. The Morgan fingerprint density at radius 1 is 0.625 bits per heavy atom. The zero-order valence-corrected chi connectivity index (χ0v) is 28.8. The zero-order chi connectivity index (χ0) is 33.0. The highest BCUT2D eigenvalue weighted by molar-refractivity contribution is 6.00. The summed E-state index contributed by atoms with van der Waals surface area (Å²) in [5.74, 6) is 0.710. The molecule has 2 aliphatic heterocycles. The summed E-state index contributed by atoms with van der Waals surface area (Å²) in [5, 5.41) is 0. The van der Waals surface area contributed by atoms with Crippen molar-refractivity contribution in [2.45, 2.75) is 115 Å². The maximum Gasteiger partial charge on any atom is 0.185 e. The molecule has 2 aromatic carbocycles. The van der Waals surface area contributed by atoms with Gasteiger partial charge in [0.15, 0.2) is 11.6 Å². The fourth-order valence-corrected chi connectivity index (χ4v) is 8.83. The SMILES string of the molecule is CC1CCC(N2CCc3ccc(CC(=O)c4cc(C(=O)Cc5ccc6c(c5)CCN(C5CCC(N)CC5)CC6)ncn4)cc3CC2)CC1. The van der Waals surface area contributed by atoms with Gasteiger partial charge in [-0.1, -0.05) is 43.3 Å². The van der Waals surface area contributed by atoms with E-state index in [1.54, 1.807) is 6.07 Å². The third kappa shape index (κ3) is 7.96. The number of ketones is 2.